The Kier molecular flexibility index (Phi) is 8.49. The molecule has 12 atom stereocenters. The number of carboxylic acid groups (broad SMARTS) is 1. The van der Waals surface area contributed by atoms with Gasteiger partial charge < -0.3 is 29.5 Å². The molecule has 0 radical (unpaired) electrons. The molecule has 43 heavy (non-hydrogen) atoms. The monoisotopic (exact) mass is 604 g/mol. The lowest BCUT2D eigenvalue weighted by Gasteiger charge is -2.71. The lowest BCUT2D eigenvalue weighted by molar-refractivity contribution is -0.270. The zero-order chi connectivity index (χ0) is 31.8. The summed E-state index contributed by atoms with van der Waals surface area (Å²) in [6.45, 7) is 17.7. The first-order valence-corrected chi connectivity index (χ1v) is 16.6. The van der Waals surface area contributed by atoms with Crippen LogP contribution in [0.1, 0.15) is 93.9 Å². The molecule has 8 heteroatoms. The van der Waals surface area contributed by atoms with Gasteiger partial charge in [-0.15, -0.1) is 0 Å². The molecule has 3 saturated carbocycles. The van der Waals surface area contributed by atoms with Crippen molar-refractivity contribution >= 4 is 11.9 Å². The normalized spacial score (nSPS) is 47.0. The number of carbonyl (C=O) groups is 2. The van der Waals surface area contributed by atoms with E-state index in [1.165, 1.54) is 12.5 Å². The van der Waals surface area contributed by atoms with Crippen LogP contribution in [-0.4, -0.2) is 72.0 Å². The Bertz CT molecular complexity index is 1130. The predicted molar refractivity (Wildman–Crippen MR) is 162 cm³/mol. The minimum absolute atomic E-state index is 0.0415. The Morgan fingerprint density at radius 3 is 2.37 bits per heavy atom. The summed E-state index contributed by atoms with van der Waals surface area (Å²) in [6.07, 6.45) is 5.49. The van der Waals surface area contributed by atoms with Crippen molar-refractivity contribution in [2.45, 2.75) is 112 Å². The number of carbonyl (C=O) groups excluding carboxylic acids is 1. The second kappa shape index (κ2) is 11.1. The third-order valence-corrected chi connectivity index (χ3v) is 14.1. The molecule has 1 aliphatic heterocycles. The van der Waals surface area contributed by atoms with E-state index in [-0.39, 0.29) is 46.6 Å². The molecule has 1 unspecified atom stereocenters. The lowest BCUT2D eigenvalue weighted by atomic mass is 9.34. The molecule has 0 amide bonds. The summed E-state index contributed by atoms with van der Waals surface area (Å²) in [5, 5.41) is 30.4. The number of esters is 1. The number of hydrogen-bond acceptors (Lipinski definition) is 7. The summed E-state index contributed by atoms with van der Waals surface area (Å²) in [4.78, 5) is 25.7. The van der Waals surface area contributed by atoms with Gasteiger partial charge in [0.25, 0.3) is 0 Å². The molecule has 244 valence electrons. The smallest absolute Gasteiger partial charge is 0.307 e. The van der Waals surface area contributed by atoms with E-state index in [4.69, 9.17) is 14.2 Å². The Balaban J connectivity index is 1.58. The number of carboxylic acids is 1. The van der Waals surface area contributed by atoms with Crippen molar-refractivity contribution in [1.82, 2.24) is 0 Å². The molecule has 3 N–H and O–H groups in total. The molecule has 0 aromatic heterocycles. The molecule has 4 fully saturated rings. The van der Waals surface area contributed by atoms with Crippen molar-refractivity contribution < 1.29 is 39.1 Å². The van der Waals surface area contributed by atoms with Crippen molar-refractivity contribution in [3.63, 3.8) is 0 Å². The number of aliphatic carboxylic acids is 1. The van der Waals surface area contributed by atoms with Crippen LogP contribution in [0.4, 0.5) is 0 Å². The molecule has 0 aromatic rings. The molecule has 0 aromatic carbocycles. The maximum Gasteiger partial charge on any atom is 0.307 e. The number of aliphatic hydroxyl groups is 2. The molecule has 1 heterocycles. The van der Waals surface area contributed by atoms with Crippen LogP contribution in [0.5, 0.6) is 0 Å². The quantitative estimate of drug-likeness (QED) is 0.254. The van der Waals surface area contributed by atoms with E-state index >= 15 is 0 Å². The molecule has 0 spiro atoms. The van der Waals surface area contributed by atoms with Crippen LogP contribution >= 0.6 is 0 Å². The van der Waals surface area contributed by atoms with Crippen LogP contribution in [0, 0.1) is 56.7 Å². The van der Waals surface area contributed by atoms with Gasteiger partial charge in [-0.25, -0.2) is 0 Å². The molecule has 1 saturated heterocycles. The number of allylic oxidation sites excluding steroid dienone is 1. The molecule has 4 aliphatic carbocycles. The first-order valence-electron chi connectivity index (χ1n) is 16.6. The molecular weight excluding hydrogens is 548 g/mol. The van der Waals surface area contributed by atoms with Gasteiger partial charge in [-0.2, -0.15) is 0 Å². The van der Waals surface area contributed by atoms with Crippen LogP contribution in [0.2, 0.25) is 0 Å². The highest BCUT2D eigenvalue weighted by Gasteiger charge is 2.72. The first-order chi connectivity index (χ1) is 20.0. The largest absolute Gasteiger partial charge is 0.481 e. The SMILES string of the molecule is CC(=O)O[C@@H]1C[C@@]23COCC(C)([C@H]1OC[C@@H](O)CO)[C@@H]2CC[C@H]1C3=CC[C@@]2(C)[C@H](C(=O)O)[C@@](C)([C@H](C)C(C)C)CC[C@]12C. The van der Waals surface area contributed by atoms with Crippen LogP contribution in [0.15, 0.2) is 11.6 Å². The van der Waals surface area contributed by atoms with E-state index in [2.05, 4.69) is 54.5 Å². The topological polar surface area (TPSA) is 123 Å². The minimum Gasteiger partial charge on any atom is -0.481 e. The Morgan fingerprint density at radius 2 is 1.77 bits per heavy atom. The predicted octanol–water partition coefficient (Wildman–Crippen LogP) is 5.25. The van der Waals surface area contributed by atoms with Crippen molar-refractivity contribution in [2.75, 3.05) is 26.4 Å². The Labute approximate surface area is 257 Å². The maximum atomic E-state index is 13.3. The average Bonchev–Trinajstić information content (AvgIpc) is 2.92. The Morgan fingerprint density at radius 1 is 1.07 bits per heavy atom. The summed E-state index contributed by atoms with van der Waals surface area (Å²) in [5.74, 6) is -0.343. The van der Waals surface area contributed by atoms with Gasteiger partial charge in [0, 0.05) is 17.8 Å². The third-order valence-electron chi connectivity index (χ3n) is 14.1. The summed E-state index contributed by atoms with van der Waals surface area (Å²) < 4.78 is 18.7. The summed E-state index contributed by atoms with van der Waals surface area (Å²) in [7, 11) is 0. The first kappa shape index (κ1) is 32.9. The van der Waals surface area contributed by atoms with Gasteiger partial charge in [0.2, 0.25) is 0 Å². The molecule has 5 aliphatic rings. The Hall–Kier alpha value is -1.48. The van der Waals surface area contributed by atoms with E-state index in [1.807, 2.05) is 0 Å². The van der Waals surface area contributed by atoms with Crippen molar-refractivity contribution in [3.05, 3.63) is 11.6 Å². The highest BCUT2D eigenvalue weighted by atomic mass is 16.6. The van der Waals surface area contributed by atoms with Gasteiger partial charge in [-0.3, -0.25) is 9.59 Å². The van der Waals surface area contributed by atoms with Crippen molar-refractivity contribution in [3.8, 4) is 0 Å². The summed E-state index contributed by atoms with van der Waals surface area (Å²) in [5.41, 5.74) is -0.302. The average molecular weight is 605 g/mol. The van der Waals surface area contributed by atoms with Gasteiger partial charge in [-0.1, -0.05) is 60.1 Å². The van der Waals surface area contributed by atoms with Crippen LogP contribution in [0.3, 0.4) is 0 Å². The van der Waals surface area contributed by atoms with Crippen LogP contribution in [-0.2, 0) is 23.8 Å². The highest BCUT2D eigenvalue weighted by Crippen LogP contribution is 2.75. The number of hydrogen-bond donors (Lipinski definition) is 3. The summed E-state index contributed by atoms with van der Waals surface area (Å²) in [6, 6.07) is 0. The number of rotatable bonds is 8. The fraction of sp³-hybridized carbons (Fsp3) is 0.886. The van der Waals surface area contributed by atoms with Gasteiger partial charge >= 0.3 is 11.9 Å². The van der Waals surface area contributed by atoms with Crippen LogP contribution in [0.25, 0.3) is 0 Å². The third kappa shape index (κ3) is 4.67. The van der Waals surface area contributed by atoms with E-state index < -0.39 is 47.6 Å². The zero-order valence-corrected chi connectivity index (χ0v) is 27.7. The second-order valence-corrected chi connectivity index (χ2v) is 16.3. The summed E-state index contributed by atoms with van der Waals surface area (Å²) >= 11 is 0. The standard InChI is InChI=1S/C35H56O8/c1-20(2)21(3)31(5)13-14-33(7)24-9-10-27-32(6)18-41-19-35(27,25(24)11-12-34(33,8)28(31)30(39)40)15-26(43-22(4)37)29(32)42-17-23(38)16-36/h11,20-21,23-24,26-29,36,38H,9-10,12-19H2,1-8H3,(H,39,40)/t21-,23+,24+,26-,27+,28-,29+,31-,32?,33-,34+,35+/m1/s1. The van der Waals surface area contributed by atoms with Crippen LogP contribution < -0.4 is 0 Å². The molecule has 8 nitrogen and oxygen atoms in total. The number of fused-ring (bicyclic) bond motifs is 3. The second-order valence-electron chi connectivity index (χ2n) is 16.3. The minimum atomic E-state index is -1.01. The van der Waals surface area contributed by atoms with E-state index in [0.29, 0.717) is 32.0 Å². The fourth-order valence-corrected chi connectivity index (χ4v) is 11.5. The van der Waals surface area contributed by atoms with E-state index in [0.717, 1.165) is 25.7 Å². The fourth-order valence-electron chi connectivity index (χ4n) is 11.5. The molecule has 5 rings (SSSR count). The highest BCUT2D eigenvalue weighted by molar-refractivity contribution is 5.73. The molecule has 2 bridgehead atoms. The number of ether oxygens (including phenoxy) is 3. The lowest BCUT2D eigenvalue weighted by Crippen LogP contribution is -2.70. The van der Waals surface area contributed by atoms with Crippen molar-refractivity contribution in [2.24, 2.45) is 56.7 Å². The van der Waals surface area contributed by atoms with E-state index in [9.17, 15) is 24.9 Å². The zero-order valence-electron chi connectivity index (χ0n) is 27.7. The maximum absolute atomic E-state index is 13.3. The molecular formula is C35H56O8. The van der Waals surface area contributed by atoms with Gasteiger partial charge in [0.05, 0.1) is 32.3 Å². The van der Waals surface area contributed by atoms with Gasteiger partial charge in [-0.05, 0) is 78.4 Å². The number of aliphatic hydroxyl groups excluding tert-OH is 2. The van der Waals surface area contributed by atoms with Gasteiger partial charge in [0.1, 0.15) is 18.3 Å². The van der Waals surface area contributed by atoms with Crippen molar-refractivity contribution in [1.29, 1.82) is 0 Å². The van der Waals surface area contributed by atoms with Gasteiger partial charge in [0.15, 0.2) is 0 Å². The van der Waals surface area contributed by atoms with E-state index in [1.54, 1.807) is 0 Å².